The van der Waals surface area contributed by atoms with Gasteiger partial charge in [0.15, 0.2) is 0 Å². The molecule has 0 aromatic heterocycles. The van der Waals surface area contributed by atoms with Crippen LogP contribution in [0.25, 0.3) is 11.1 Å². The van der Waals surface area contributed by atoms with E-state index in [2.05, 4.69) is 0 Å². The highest BCUT2D eigenvalue weighted by Crippen LogP contribution is 2.39. The Hall–Kier alpha value is -2.51. The van der Waals surface area contributed by atoms with Gasteiger partial charge in [-0.1, -0.05) is 24.3 Å². The van der Waals surface area contributed by atoms with Crippen LogP contribution in [-0.2, 0) is 12.4 Å². The van der Waals surface area contributed by atoms with Crippen molar-refractivity contribution in [1.82, 2.24) is 0 Å². The average Bonchev–Trinajstić information content (AvgIpc) is 2.44. The van der Waals surface area contributed by atoms with Crippen molar-refractivity contribution in [3.63, 3.8) is 0 Å². The number of hydrogen-bond donors (Lipinski definition) is 1. The highest BCUT2D eigenvalue weighted by Gasteiger charge is 2.37. The Kier molecular flexibility index (Phi) is 4.10. The molecule has 0 atom stereocenters. The SMILES string of the molecule is O=C(O)c1cc(-c2ccccc2C(F)(F)F)ccc1C(F)(F)F. The Bertz CT molecular complexity index is 746. The molecule has 2 aromatic carbocycles. The summed E-state index contributed by atoms with van der Waals surface area (Å²) in [5.74, 6) is -1.87. The molecule has 0 bridgehead atoms. The van der Waals surface area contributed by atoms with E-state index >= 15 is 0 Å². The third-order valence-electron chi connectivity index (χ3n) is 3.10. The highest BCUT2D eigenvalue weighted by molar-refractivity contribution is 5.91. The van der Waals surface area contributed by atoms with Crippen molar-refractivity contribution < 1.29 is 36.2 Å². The van der Waals surface area contributed by atoms with Crippen molar-refractivity contribution in [3.8, 4) is 11.1 Å². The normalized spacial score (nSPS) is 12.3. The van der Waals surface area contributed by atoms with Gasteiger partial charge < -0.3 is 5.11 Å². The molecule has 0 spiro atoms. The first-order valence-corrected chi connectivity index (χ1v) is 6.13. The molecule has 0 aliphatic heterocycles. The van der Waals surface area contributed by atoms with E-state index < -0.39 is 40.6 Å². The fourth-order valence-corrected chi connectivity index (χ4v) is 2.12. The van der Waals surface area contributed by atoms with E-state index in [0.717, 1.165) is 24.3 Å². The van der Waals surface area contributed by atoms with Gasteiger partial charge in [-0.05, 0) is 29.3 Å². The van der Waals surface area contributed by atoms with Crippen molar-refractivity contribution in [2.24, 2.45) is 0 Å². The third kappa shape index (κ3) is 3.46. The van der Waals surface area contributed by atoms with E-state index in [1.54, 1.807) is 0 Å². The van der Waals surface area contributed by atoms with E-state index in [4.69, 9.17) is 5.11 Å². The van der Waals surface area contributed by atoms with Crippen molar-refractivity contribution in [3.05, 3.63) is 59.2 Å². The number of carbonyl (C=O) groups is 1. The monoisotopic (exact) mass is 334 g/mol. The van der Waals surface area contributed by atoms with Crippen LogP contribution >= 0.6 is 0 Å². The van der Waals surface area contributed by atoms with Gasteiger partial charge in [-0.2, -0.15) is 26.3 Å². The molecule has 1 N–H and O–H groups in total. The van der Waals surface area contributed by atoms with Gasteiger partial charge in [-0.3, -0.25) is 0 Å². The summed E-state index contributed by atoms with van der Waals surface area (Å²) in [4.78, 5) is 11.0. The second kappa shape index (κ2) is 5.60. The van der Waals surface area contributed by atoms with Gasteiger partial charge in [0.1, 0.15) is 0 Å². The molecule has 0 aliphatic rings. The second-order valence-electron chi connectivity index (χ2n) is 4.61. The summed E-state index contributed by atoms with van der Waals surface area (Å²) < 4.78 is 77.2. The molecule has 122 valence electrons. The number of benzene rings is 2. The van der Waals surface area contributed by atoms with Crippen LogP contribution in [0.4, 0.5) is 26.3 Å². The molecule has 8 heteroatoms. The molecule has 0 aliphatic carbocycles. The van der Waals surface area contributed by atoms with Crippen molar-refractivity contribution >= 4 is 5.97 Å². The van der Waals surface area contributed by atoms with E-state index in [-0.39, 0.29) is 5.56 Å². The van der Waals surface area contributed by atoms with E-state index in [9.17, 15) is 31.1 Å². The molecule has 0 saturated heterocycles. The third-order valence-corrected chi connectivity index (χ3v) is 3.10. The molecule has 23 heavy (non-hydrogen) atoms. The number of carboxylic acid groups (broad SMARTS) is 1. The van der Waals surface area contributed by atoms with Crippen LogP contribution < -0.4 is 0 Å². The maximum Gasteiger partial charge on any atom is 0.417 e. The topological polar surface area (TPSA) is 37.3 Å². The number of halogens is 6. The molecular formula is C15H8F6O2. The smallest absolute Gasteiger partial charge is 0.417 e. The summed E-state index contributed by atoms with van der Waals surface area (Å²) in [6.45, 7) is 0. The quantitative estimate of drug-likeness (QED) is 0.777. The molecule has 0 heterocycles. The maximum absolute atomic E-state index is 13.0. The molecule has 0 unspecified atom stereocenters. The molecule has 2 nitrogen and oxygen atoms in total. The van der Waals surface area contributed by atoms with Crippen LogP contribution in [0.2, 0.25) is 0 Å². The zero-order chi connectivity index (χ0) is 17.4. The summed E-state index contributed by atoms with van der Waals surface area (Å²) in [5, 5.41) is 8.91. The summed E-state index contributed by atoms with van der Waals surface area (Å²) in [6.07, 6.45) is -9.64. The maximum atomic E-state index is 13.0. The first kappa shape index (κ1) is 16.9. The minimum atomic E-state index is -4.92. The summed E-state index contributed by atoms with van der Waals surface area (Å²) in [6, 6.07) is 6.13. The lowest BCUT2D eigenvalue weighted by molar-refractivity contribution is -0.138. The predicted octanol–water partition coefficient (Wildman–Crippen LogP) is 5.09. The van der Waals surface area contributed by atoms with Gasteiger partial charge in [0.05, 0.1) is 16.7 Å². The fraction of sp³-hybridized carbons (Fsp3) is 0.133. The first-order valence-electron chi connectivity index (χ1n) is 6.13. The minimum Gasteiger partial charge on any atom is -0.478 e. The first-order chi connectivity index (χ1) is 10.5. The van der Waals surface area contributed by atoms with Gasteiger partial charge in [0, 0.05) is 0 Å². The predicted molar refractivity (Wildman–Crippen MR) is 68.8 cm³/mol. The lowest BCUT2D eigenvalue weighted by Crippen LogP contribution is -2.13. The molecule has 0 saturated carbocycles. The Balaban J connectivity index is 2.68. The highest BCUT2D eigenvalue weighted by atomic mass is 19.4. The number of rotatable bonds is 2. The van der Waals surface area contributed by atoms with Crippen LogP contribution in [0.5, 0.6) is 0 Å². The van der Waals surface area contributed by atoms with Crippen molar-refractivity contribution in [1.29, 1.82) is 0 Å². The van der Waals surface area contributed by atoms with Crippen LogP contribution in [0.3, 0.4) is 0 Å². The van der Waals surface area contributed by atoms with E-state index in [1.165, 1.54) is 6.07 Å². The van der Waals surface area contributed by atoms with E-state index in [1.807, 2.05) is 0 Å². The van der Waals surface area contributed by atoms with Crippen LogP contribution in [0, 0.1) is 0 Å². The lowest BCUT2D eigenvalue weighted by Gasteiger charge is -2.15. The van der Waals surface area contributed by atoms with Crippen LogP contribution in [0.1, 0.15) is 21.5 Å². The zero-order valence-electron chi connectivity index (χ0n) is 11.2. The Labute approximate surface area is 126 Å². The van der Waals surface area contributed by atoms with Crippen molar-refractivity contribution in [2.75, 3.05) is 0 Å². The molecular weight excluding hydrogens is 326 g/mol. The number of carboxylic acids is 1. The number of aromatic carboxylic acids is 1. The van der Waals surface area contributed by atoms with Crippen molar-refractivity contribution in [2.45, 2.75) is 12.4 Å². The summed E-state index contributed by atoms with van der Waals surface area (Å²) >= 11 is 0. The largest absolute Gasteiger partial charge is 0.478 e. The van der Waals surface area contributed by atoms with Gasteiger partial charge in [0.25, 0.3) is 0 Å². The van der Waals surface area contributed by atoms with Gasteiger partial charge in [-0.25, -0.2) is 4.79 Å². The molecule has 0 radical (unpaired) electrons. The second-order valence-corrected chi connectivity index (χ2v) is 4.61. The number of alkyl halides is 6. The molecule has 2 rings (SSSR count). The standard InChI is InChI=1S/C15H8F6O2/c16-14(17,18)11-4-2-1-3-9(11)8-5-6-12(15(19,20)21)10(7-8)13(22)23/h1-7H,(H,22,23). The van der Waals surface area contributed by atoms with Crippen LogP contribution in [-0.4, -0.2) is 11.1 Å². The number of hydrogen-bond acceptors (Lipinski definition) is 1. The Morgan fingerprint density at radius 1 is 0.826 bits per heavy atom. The van der Waals surface area contributed by atoms with Gasteiger partial charge >= 0.3 is 18.3 Å². The van der Waals surface area contributed by atoms with Gasteiger partial charge in [-0.15, -0.1) is 0 Å². The molecule has 0 amide bonds. The Morgan fingerprint density at radius 2 is 1.39 bits per heavy atom. The lowest BCUT2D eigenvalue weighted by atomic mass is 9.95. The Morgan fingerprint density at radius 3 is 1.91 bits per heavy atom. The minimum absolute atomic E-state index is 0.261. The van der Waals surface area contributed by atoms with Gasteiger partial charge in [0.2, 0.25) is 0 Å². The molecule has 0 fully saturated rings. The molecule has 2 aromatic rings. The van der Waals surface area contributed by atoms with E-state index in [0.29, 0.717) is 12.1 Å². The fourth-order valence-electron chi connectivity index (χ4n) is 2.12. The summed E-state index contributed by atoms with van der Waals surface area (Å²) in [5.41, 5.74) is -4.24. The summed E-state index contributed by atoms with van der Waals surface area (Å²) in [7, 11) is 0. The van der Waals surface area contributed by atoms with Crippen LogP contribution in [0.15, 0.2) is 42.5 Å². The zero-order valence-corrected chi connectivity index (χ0v) is 11.2. The average molecular weight is 334 g/mol.